The van der Waals surface area contributed by atoms with E-state index in [1.165, 1.54) is 12.4 Å². The Morgan fingerprint density at radius 2 is 2.18 bits per heavy atom. The fourth-order valence-electron chi connectivity index (χ4n) is 1.27. The molecule has 6 heteroatoms. The normalized spacial score (nSPS) is 9.94. The predicted molar refractivity (Wildman–Crippen MR) is 62.3 cm³/mol. The number of hydrogen-bond acceptors (Lipinski definition) is 5. The molecule has 2 rings (SSSR count). The molecule has 1 aromatic carbocycles. The summed E-state index contributed by atoms with van der Waals surface area (Å²) >= 11 is 0. The van der Waals surface area contributed by atoms with Gasteiger partial charge in [-0.3, -0.25) is 4.79 Å². The zero-order chi connectivity index (χ0) is 12.3. The first-order valence-corrected chi connectivity index (χ1v) is 4.85. The highest BCUT2D eigenvalue weighted by Crippen LogP contribution is 2.29. The van der Waals surface area contributed by atoms with Crippen molar-refractivity contribution < 1.29 is 9.47 Å². The summed E-state index contributed by atoms with van der Waals surface area (Å²) in [6, 6.07) is 6.22. The summed E-state index contributed by atoms with van der Waals surface area (Å²) in [5, 5.41) is 0. The van der Waals surface area contributed by atoms with E-state index in [4.69, 9.17) is 15.2 Å². The van der Waals surface area contributed by atoms with Crippen molar-refractivity contribution in [2.24, 2.45) is 0 Å². The molecule has 2 aromatic rings. The van der Waals surface area contributed by atoms with Gasteiger partial charge in [0.1, 0.15) is 5.75 Å². The summed E-state index contributed by atoms with van der Waals surface area (Å²) in [6.07, 6.45) is 1.26. The van der Waals surface area contributed by atoms with Crippen molar-refractivity contribution in [3.8, 4) is 17.4 Å². The fraction of sp³-hybridized carbons (Fsp3) is 0.0909. The van der Waals surface area contributed by atoms with E-state index in [1.54, 1.807) is 25.3 Å². The number of aromatic amines is 1. The summed E-state index contributed by atoms with van der Waals surface area (Å²) in [4.78, 5) is 17.3. The Labute approximate surface area is 97.0 Å². The molecule has 1 heterocycles. The number of ether oxygens (including phenoxy) is 2. The Morgan fingerprint density at radius 3 is 2.82 bits per heavy atom. The standard InChI is InChI=1S/C11H11N3O3/c1-16-7-2-3-9(8(12)4-7)17-11-5-10(15)13-6-14-11/h2-6H,12H2,1H3,(H,13,14,15). The minimum atomic E-state index is -0.290. The maximum absolute atomic E-state index is 11.0. The van der Waals surface area contributed by atoms with Crippen molar-refractivity contribution in [3.63, 3.8) is 0 Å². The summed E-state index contributed by atoms with van der Waals surface area (Å²) < 4.78 is 10.4. The van der Waals surface area contributed by atoms with E-state index in [0.717, 1.165) is 0 Å². The molecule has 0 saturated carbocycles. The number of benzene rings is 1. The predicted octanol–water partition coefficient (Wildman–Crippen LogP) is 1.15. The molecule has 0 unspecified atom stereocenters. The van der Waals surface area contributed by atoms with E-state index in [9.17, 15) is 4.79 Å². The van der Waals surface area contributed by atoms with Gasteiger partial charge in [0, 0.05) is 6.07 Å². The third-order valence-electron chi connectivity index (χ3n) is 2.08. The Kier molecular flexibility index (Phi) is 2.95. The van der Waals surface area contributed by atoms with Crippen LogP contribution < -0.4 is 20.8 Å². The lowest BCUT2D eigenvalue weighted by atomic mass is 10.3. The van der Waals surface area contributed by atoms with Crippen LogP contribution in [0.25, 0.3) is 0 Å². The second kappa shape index (κ2) is 4.56. The number of rotatable bonds is 3. The van der Waals surface area contributed by atoms with Crippen LogP contribution in [0.5, 0.6) is 17.4 Å². The number of nitrogens with two attached hydrogens (primary N) is 1. The van der Waals surface area contributed by atoms with Gasteiger partial charge in [-0.25, -0.2) is 4.98 Å². The molecule has 0 radical (unpaired) electrons. The van der Waals surface area contributed by atoms with Crippen molar-refractivity contribution >= 4 is 5.69 Å². The Morgan fingerprint density at radius 1 is 1.35 bits per heavy atom. The first-order valence-electron chi connectivity index (χ1n) is 4.85. The average Bonchev–Trinajstić information content (AvgIpc) is 2.32. The van der Waals surface area contributed by atoms with Gasteiger partial charge in [0.2, 0.25) is 5.88 Å². The quantitative estimate of drug-likeness (QED) is 0.776. The van der Waals surface area contributed by atoms with Gasteiger partial charge < -0.3 is 20.2 Å². The van der Waals surface area contributed by atoms with Crippen LogP contribution in [0.15, 0.2) is 35.4 Å². The number of nitrogens with one attached hydrogen (secondary N) is 1. The molecule has 0 atom stereocenters. The van der Waals surface area contributed by atoms with Crippen molar-refractivity contribution in [3.05, 3.63) is 40.9 Å². The van der Waals surface area contributed by atoms with E-state index in [0.29, 0.717) is 17.2 Å². The number of methoxy groups -OCH3 is 1. The average molecular weight is 233 g/mol. The first-order chi connectivity index (χ1) is 8.19. The third-order valence-corrected chi connectivity index (χ3v) is 2.08. The Bertz CT molecular complexity index is 580. The maximum Gasteiger partial charge on any atom is 0.254 e. The molecule has 0 spiro atoms. The topological polar surface area (TPSA) is 90.2 Å². The van der Waals surface area contributed by atoms with Crippen LogP contribution in [0.4, 0.5) is 5.69 Å². The van der Waals surface area contributed by atoms with Gasteiger partial charge in [0.15, 0.2) is 5.75 Å². The van der Waals surface area contributed by atoms with Gasteiger partial charge >= 0.3 is 0 Å². The van der Waals surface area contributed by atoms with Gasteiger partial charge in [-0.2, -0.15) is 0 Å². The summed E-state index contributed by atoms with van der Waals surface area (Å²) in [5.74, 6) is 1.24. The van der Waals surface area contributed by atoms with Crippen LogP contribution in [0, 0.1) is 0 Å². The van der Waals surface area contributed by atoms with Crippen molar-refractivity contribution in [1.82, 2.24) is 9.97 Å². The Balaban J connectivity index is 2.27. The molecule has 0 amide bonds. The Hall–Kier alpha value is -2.50. The summed E-state index contributed by atoms with van der Waals surface area (Å²) in [7, 11) is 1.55. The van der Waals surface area contributed by atoms with Gasteiger partial charge in [-0.1, -0.05) is 0 Å². The van der Waals surface area contributed by atoms with Gasteiger partial charge in [-0.05, 0) is 12.1 Å². The molecule has 17 heavy (non-hydrogen) atoms. The molecule has 3 N–H and O–H groups in total. The van der Waals surface area contributed by atoms with E-state index in [2.05, 4.69) is 9.97 Å². The van der Waals surface area contributed by atoms with Crippen molar-refractivity contribution in [2.45, 2.75) is 0 Å². The smallest absolute Gasteiger partial charge is 0.254 e. The summed E-state index contributed by atoms with van der Waals surface area (Å²) in [6.45, 7) is 0. The lowest BCUT2D eigenvalue weighted by Gasteiger charge is -2.08. The molecule has 0 aliphatic carbocycles. The van der Waals surface area contributed by atoms with Gasteiger partial charge in [-0.15, -0.1) is 0 Å². The minimum absolute atomic E-state index is 0.186. The number of nitrogens with zero attached hydrogens (tertiary/aromatic N) is 1. The number of hydrogen-bond donors (Lipinski definition) is 2. The highest BCUT2D eigenvalue weighted by atomic mass is 16.5. The lowest BCUT2D eigenvalue weighted by Crippen LogP contribution is -2.05. The van der Waals surface area contributed by atoms with E-state index in [1.807, 2.05) is 0 Å². The molecular formula is C11H11N3O3. The van der Waals surface area contributed by atoms with Gasteiger partial charge in [0.05, 0.1) is 25.2 Å². The maximum atomic E-state index is 11.0. The molecule has 0 saturated heterocycles. The van der Waals surface area contributed by atoms with Crippen LogP contribution in [0.3, 0.4) is 0 Å². The fourth-order valence-corrected chi connectivity index (χ4v) is 1.27. The van der Waals surface area contributed by atoms with E-state index >= 15 is 0 Å². The molecule has 1 aromatic heterocycles. The molecule has 0 bridgehead atoms. The third kappa shape index (κ3) is 2.54. The molecule has 0 fully saturated rings. The summed E-state index contributed by atoms with van der Waals surface area (Å²) in [5.41, 5.74) is 5.88. The van der Waals surface area contributed by atoms with E-state index in [-0.39, 0.29) is 11.4 Å². The second-order valence-corrected chi connectivity index (χ2v) is 3.26. The number of nitrogen functional groups attached to an aromatic ring is 1. The van der Waals surface area contributed by atoms with Crippen LogP contribution in [0.2, 0.25) is 0 Å². The minimum Gasteiger partial charge on any atom is -0.497 e. The molecule has 0 aliphatic heterocycles. The van der Waals surface area contributed by atoms with Crippen LogP contribution in [-0.2, 0) is 0 Å². The van der Waals surface area contributed by atoms with Crippen LogP contribution >= 0.6 is 0 Å². The zero-order valence-corrected chi connectivity index (χ0v) is 9.14. The highest BCUT2D eigenvalue weighted by Gasteiger charge is 2.05. The number of anilines is 1. The number of aromatic nitrogens is 2. The van der Waals surface area contributed by atoms with E-state index < -0.39 is 0 Å². The molecule has 6 nitrogen and oxygen atoms in total. The van der Waals surface area contributed by atoms with Crippen LogP contribution in [-0.4, -0.2) is 17.1 Å². The molecule has 88 valence electrons. The van der Waals surface area contributed by atoms with Gasteiger partial charge in [0.25, 0.3) is 5.56 Å². The first kappa shape index (κ1) is 11.0. The lowest BCUT2D eigenvalue weighted by molar-refractivity contribution is 0.412. The second-order valence-electron chi connectivity index (χ2n) is 3.26. The highest BCUT2D eigenvalue weighted by molar-refractivity contribution is 5.57. The SMILES string of the molecule is COc1ccc(Oc2cc(=O)[nH]cn2)c(N)c1. The zero-order valence-electron chi connectivity index (χ0n) is 9.14. The molecular weight excluding hydrogens is 222 g/mol. The monoisotopic (exact) mass is 233 g/mol. The van der Waals surface area contributed by atoms with Crippen molar-refractivity contribution in [2.75, 3.05) is 12.8 Å². The number of H-pyrrole nitrogens is 1. The van der Waals surface area contributed by atoms with Crippen molar-refractivity contribution in [1.29, 1.82) is 0 Å². The molecule has 0 aliphatic rings. The largest absolute Gasteiger partial charge is 0.497 e. The van der Waals surface area contributed by atoms with Crippen LogP contribution in [0.1, 0.15) is 0 Å².